The van der Waals surface area contributed by atoms with E-state index in [1.807, 2.05) is 18.7 Å². The topological polar surface area (TPSA) is 55.1 Å². The van der Waals surface area contributed by atoms with Gasteiger partial charge in [0.25, 0.3) is 0 Å². The number of thioether (sulfide) groups is 1. The molecule has 15 heavy (non-hydrogen) atoms. The van der Waals surface area contributed by atoms with Crippen LogP contribution >= 0.6 is 11.8 Å². The highest BCUT2D eigenvalue weighted by molar-refractivity contribution is 7.99. The minimum Gasteiger partial charge on any atom is -0.354 e. The highest BCUT2D eigenvalue weighted by atomic mass is 32.2. The number of hydrogen-bond acceptors (Lipinski definition) is 3. The van der Waals surface area contributed by atoms with Crippen molar-refractivity contribution in [3.8, 4) is 0 Å². The summed E-state index contributed by atoms with van der Waals surface area (Å²) in [5, 5.41) is 3.53. The Kier molecular flexibility index (Phi) is 4.46. The Morgan fingerprint density at radius 3 is 2.73 bits per heavy atom. The van der Waals surface area contributed by atoms with Crippen molar-refractivity contribution in [3.05, 3.63) is 0 Å². The minimum atomic E-state index is -0.650. The number of amides is 1. The summed E-state index contributed by atoms with van der Waals surface area (Å²) in [4.78, 5) is 11.8. The van der Waals surface area contributed by atoms with Crippen molar-refractivity contribution in [2.75, 3.05) is 12.8 Å². The van der Waals surface area contributed by atoms with E-state index in [9.17, 15) is 4.79 Å². The standard InChI is InChI=1S/C11H22N2OS/c1-8(15-3)6-7-13-10(14)11(2,12)9-4-5-9/h8-9H,4-7,12H2,1-3H3,(H,13,14). The molecule has 0 spiro atoms. The minimum absolute atomic E-state index is 0.0123. The number of hydrogen-bond donors (Lipinski definition) is 2. The molecule has 1 fully saturated rings. The maximum atomic E-state index is 11.8. The SMILES string of the molecule is CSC(C)CCNC(=O)C(C)(N)C1CC1. The van der Waals surface area contributed by atoms with Crippen molar-refractivity contribution in [2.24, 2.45) is 11.7 Å². The lowest BCUT2D eigenvalue weighted by Crippen LogP contribution is -2.53. The molecule has 2 unspecified atom stereocenters. The third kappa shape index (κ3) is 3.68. The third-order valence-corrected chi connectivity index (χ3v) is 4.19. The van der Waals surface area contributed by atoms with Crippen molar-refractivity contribution in [3.63, 3.8) is 0 Å². The molecular formula is C11H22N2OS. The zero-order valence-corrected chi connectivity index (χ0v) is 10.7. The maximum Gasteiger partial charge on any atom is 0.240 e. The maximum absolute atomic E-state index is 11.8. The first-order valence-corrected chi connectivity index (χ1v) is 6.87. The molecule has 0 radical (unpaired) electrons. The lowest BCUT2D eigenvalue weighted by molar-refractivity contribution is -0.126. The fourth-order valence-electron chi connectivity index (χ4n) is 1.57. The molecule has 3 N–H and O–H groups in total. The van der Waals surface area contributed by atoms with Gasteiger partial charge < -0.3 is 11.1 Å². The van der Waals surface area contributed by atoms with Crippen molar-refractivity contribution in [1.82, 2.24) is 5.32 Å². The molecule has 1 saturated carbocycles. The number of nitrogens with two attached hydrogens (primary N) is 1. The molecule has 2 atom stereocenters. The largest absolute Gasteiger partial charge is 0.354 e. The van der Waals surface area contributed by atoms with Crippen LogP contribution in [-0.4, -0.2) is 29.5 Å². The molecule has 3 nitrogen and oxygen atoms in total. The second-order valence-electron chi connectivity index (χ2n) is 4.65. The van der Waals surface area contributed by atoms with Gasteiger partial charge in [-0.2, -0.15) is 11.8 Å². The monoisotopic (exact) mass is 230 g/mol. The van der Waals surface area contributed by atoms with E-state index < -0.39 is 5.54 Å². The molecule has 0 aromatic heterocycles. The first-order valence-electron chi connectivity index (χ1n) is 5.58. The van der Waals surface area contributed by atoms with Gasteiger partial charge in [-0.25, -0.2) is 0 Å². The van der Waals surface area contributed by atoms with Crippen molar-refractivity contribution in [1.29, 1.82) is 0 Å². The van der Waals surface area contributed by atoms with E-state index in [2.05, 4.69) is 18.5 Å². The van der Waals surface area contributed by atoms with E-state index in [1.165, 1.54) is 0 Å². The second-order valence-corrected chi connectivity index (χ2v) is 5.92. The van der Waals surface area contributed by atoms with Crippen LogP contribution in [0.15, 0.2) is 0 Å². The number of rotatable bonds is 6. The fourth-order valence-corrected chi connectivity index (χ4v) is 1.92. The van der Waals surface area contributed by atoms with Gasteiger partial charge in [0.2, 0.25) is 5.91 Å². The van der Waals surface area contributed by atoms with Crippen LogP contribution in [0.1, 0.15) is 33.1 Å². The first-order chi connectivity index (χ1) is 6.98. The van der Waals surface area contributed by atoms with Crippen LogP contribution in [0.2, 0.25) is 0 Å². The highest BCUT2D eigenvalue weighted by Crippen LogP contribution is 2.38. The molecule has 0 aromatic carbocycles. The van der Waals surface area contributed by atoms with Crippen LogP contribution in [-0.2, 0) is 4.79 Å². The van der Waals surface area contributed by atoms with Crippen molar-refractivity contribution < 1.29 is 4.79 Å². The predicted molar refractivity (Wildman–Crippen MR) is 65.9 cm³/mol. The Labute approximate surface area is 96.6 Å². The van der Waals surface area contributed by atoms with Crippen LogP contribution in [0.3, 0.4) is 0 Å². The Morgan fingerprint density at radius 2 is 2.27 bits per heavy atom. The summed E-state index contributed by atoms with van der Waals surface area (Å²) in [5.74, 6) is 0.411. The second kappa shape index (κ2) is 5.21. The average molecular weight is 230 g/mol. The molecule has 0 aliphatic heterocycles. The smallest absolute Gasteiger partial charge is 0.240 e. The number of nitrogens with one attached hydrogen (secondary N) is 1. The Balaban J connectivity index is 2.23. The molecule has 1 rings (SSSR count). The third-order valence-electron chi connectivity index (χ3n) is 3.15. The van der Waals surface area contributed by atoms with Gasteiger partial charge in [0.15, 0.2) is 0 Å². The Morgan fingerprint density at radius 1 is 1.67 bits per heavy atom. The van der Waals surface area contributed by atoms with Gasteiger partial charge >= 0.3 is 0 Å². The van der Waals surface area contributed by atoms with Crippen LogP contribution in [0.25, 0.3) is 0 Å². The summed E-state index contributed by atoms with van der Waals surface area (Å²) in [7, 11) is 0. The molecule has 1 aliphatic carbocycles. The molecule has 4 heteroatoms. The van der Waals surface area contributed by atoms with E-state index in [0.29, 0.717) is 11.2 Å². The molecular weight excluding hydrogens is 208 g/mol. The van der Waals surface area contributed by atoms with E-state index in [1.54, 1.807) is 0 Å². The number of carbonyl (C=O) groups excluding carboxylic acids is 1. The quantitative estimate of drug-likeness (QED) is 0.724. The number of carbonyl (C=O) groups is 1. The summed E-state index contributed by atoms with van der Waals surface area (Å²) in [6, 6.07) is 0. The summed E-state index contributed by atoms with van der Waals surface area (Å²) in [6.07, 6.45) is 5.29. The Hall–Kier alpha value is -0.220. The van der Waals surface area contributed by atoms with Gasteiger partial charge in [-0.3, -0.25) is 4.79 Å². The van der Waals surface area contributed by atoms with Gasteiger partial charge in [0.05, 0.1) is 5.54 Å². The zero-order chi connectivity index (χ0) is 11.5. The first kappa shape index (κ1) is 12.8. The van der Waals surface area contributed by atoms with E-state index in [0.717, 1.165) is 25.8 Å². The van der Waals surface area contributed by atoms with Crippen LogP contribution in [0.5, 0.6) is 0 Å². The molecule has 0 aromatic rings. The molecule has 1 amide bonds. The molecule has 0 heterocycles. The highest BCUT2D eigenvalue weighted by Gasteiger charge is 2.43. The molecule has 1 aliphatic rings. The van der Waals surface area contributed by atoms with Crippen LogP contribution < -0.4 is 11.1 Å². The van der Waals surface area contributed by atoms with Gasteiger partial charge in [-0.15, -0.1) is 0 Å². The predicted octanol–water partition coefficient (Wildman–Crippen LogP) is 1.37. The van der Waals surface area contributed by atoms with Crippen LogP contribution in [0.4, 0.5) is 0 Å². The van der Waals surface area contributed by atoms with Gasteiger partial charge in [-0.1, -0.05) is 6.92 Å². The fraction of sp³-hybridized carbons (Fsp3) is 0.909. The van der Waals surface area contributed by atoms with Crippen molar-refractivity contribution in [2.45, 2.75) is 43.9 Å². The van der Waals surface area contributed by atoms with E-state index in [4.69, 9.17) is 5.73 Å². The van der Waals surface area contributed by atoms with Gasteiger partial charge in [0.1, 0.15) is 0 Å². The lowest BCUT2D eigenvalue weighted by atomic mass is 9.96. The summed E-state index contributed by atoms with van der Waals surface area (Å²) >= 11 is 1.82. The normalized spacial score (nSPS) is 21.9. The van der Waals surface area contributed by atoms with Crippen molar-refractivity contribution >= 4 is 17.7 Å². The van der Waals surface area contributed by atoms with Gasteiger partial charge in [0, 0.05) is 11.8 Å². The van der Waals surface area contributed by atoms with Gasteiger partial charge in [-0.05, 0) is 38.4 Å². The molecule has 88 valence electrons. The van der Waals surface area contributed by atoms with Crippen LogP contribution in [0, 0.1) is 5.92 Å². The summed E-state index contributed by atoms with van der Waals surface area (Å²) < 4.78 is 0. The molecule has 0 saturated heterocycles. The summed E-state index contributed by atoms with van der Waals surface area (Å²) in [5.41, 5.74) is 5.35. The lowest BCUT2D eigenvalue weighted by Gasteiger charge is -2.23. The summed E-state index contributed by atoms with van der Waals surface area (Å²) in [6.45, 7) is 4.75. The van der Waals surface area contributed by atoms with E-state index in [-0.39, 0.29) is 5.91 Å². The van der Waals surface area contributed by atoms with E-state index >= 15 is 0 Å². The molecule has 0 bridgehead atoms. The Bertz CT molecular complexity index is 227. The zero-order valence-electron chi connectivity index (χ0n) is 9.88. The average Bonchev–Trinajstić information content (AvgIpc) is 3.00.